The summed E-state index contributed by atoms with van der Waals surface area (Å²) in [5, 5.41) is 3.06. The molecule has 19 heavy (non-hydrogen) atoms. The molecule has 0 bridgehead atoms. The zero-order valence-corrected chi connectivity index (χ0v) is 12.3. The van der Waals surface area contributed by atoms with Crippen molar-refractivity contribution in [1.82, 2.24) is 9.71 Å². The van der Waals surface area contributed by atoms with E-state index in [2.05, 4.69) is 9.71 Å². The molecule has 6 heteroatoms. The second-order valence-electron chi connectivity index (χ2n) is 4.20. The number of rotatable bonds is 6. The van der Waals surface area contributed by atoms with Crippen molar-refractivity contribution in [3.63, 3.8) is 0 Å². The number of aryl methyl sites for hydroxylation is 2. The first kappa shape index (κ1) is 14.2. The second kappa shape index (κ2) is 6.27. The van der Waals surface area contributed by atoms with Crippen LogP contribution in [0.2, 0.25) is 0 Å². The Morgan fingerprint density at radius 2 is 2.00 bits per heavy atom. The van der Waals surface area contributed by atoms with Gasteiger partial charge in [-0.1, -0.05) is 18.2 Å². The Labute approximate surface area is 117 Å². The highest BCUT2D eigenvalue weighted by Gasteiger charge is 2.12. The van der Waals surface area contributed by atoms with E-state index in [4.69, 9.17) is 0 Å². The fourth-order valence-corrected chi connectivity index (χ4v) is 3.56. The molecular weight excluding hydrogens is 280 g/mol. The van der Waals surface area contributed by atoms with Crippen molar-refractivity contribution in [2.24, 2.45) is 0 Å². The average molecular weight is 296 g/mol. The Balaban J connectivity index is 1.82. The summed E-state index contributed by atoms with van der Waals surface area (Å²) in [4.78, 5) is 4.65. The van der Waals surface area contributed by atoms with Gasteiger partial charge in [0.1, 0.15) is 0 Å². The largest absolute Gasteiger partial charge is 0.247 e. The van der Waals surface area contributed by atoms with Crippen LogP contribution < -0.4 is 4.72 Å². The lowest BCUT2D eigenvalue weighted by Crippen LogP contribution is -2.25. The van der Waals surface area contributed by atoms with Gasteiger partial charge in [-0.2, -0.15) is 0 Å². The third-order valence-electron chi connectivity index (χ3n) is 2.58. The average Bonchev–Trinajstić information content (AvgIpc) is 2.82. The number of aromatic nitrogens is 1. The van der Waals surface area contributed by atoms with Crippen LogP contribution in [0.15, 0.2) is 40.6 Å². The van der Waals surface area contributed by atoms with Gasteiger partial charge < -0.3 is 0 Å². The maximum absolute atomic E-state index is 11.9. The van der Waals surface area contributed by atoms with E-state index >= 15 is 0 Å². The van der Waals surface area contributed by atoms with Gasteiger partial charge in [-0.05, 0) is 25.5 Å². The van der Waals surface area contributed by atoms with Crippen LogP contribution in [0.3, 0.4) is 0 Å². The van der Waals surface area contributed by atoms with E-state index in [1.807, 2.05) is 12.3 Å². The van der Waals surface area contributed by atoms with E-state index in [1.54, 1.807) is 41.7 Å². The van der Waals surface area contributed by atoms with Gasteiger partial charge in [0, 0.05) is 24.0 Å². The summed E-state index contributed by atoms with van der Waals surface area (Å²) in [6.07, 6.45) is 1.55. The zero-order chi connectivity index (χ0) is 13.7. The SMILES string of the molecule is Cc1csc(CCCNS(=O)(=O)c2ccccc2)n1. The van der Waals surface area contributed by atoms with Crippen molar-refractivity contribution in [1.29, 1.82) is 0 Å². The van der Waals surface area contributed by atoms with E-state index in [1.165, 1.54) is 0 Å². The number of nitrogens with one attached hydrogen (secondary N) is 1. The molecule has 0 atom stereocenters. The number of sulfonamides is 1. The van der Waals surface area contributed by atoms with E-state index < -0.39 is 10.0 Å². The van der Waals surface area contributed by atoms with Crippen LogP contribution in [-0.2, 0) is 16.4 Å². The summed E-state index contributed by atoms with van der Waals surface area (Å²) in [6.45, 7) is 2.38. The fourth-order valence-electron chi connectivity index (χ4n) is 1.65. The minimum Gasteiger partial charge on any atom is -0.247 e. The molecule has 0 aliphatic carbocycles. The molecule has 1 heterocycles. The lowest BCUT2D eigenvalue weighted by Gasteiger charge is -2.05. The second-order valence-corrected chi connectivity index (χ2v) is 6.91. The van der Waals surface area contributed by atoms with E-state index in [0.717, 1.165) is 23.5 Å². The molecule has 2 rings (SSSR count). The number of hydrogen-bond donors (Lipinski definition) is 1. The minimum atomic E-state index is -3.38. The summed E-state index contributed by atoms with van der Waals surface area (Å²) in [6, 6.07) is 8.41. The van der Waals surface area contributed by atoms with Crippen LogP contribution in [0, 0.1) is 6.92 Å². The van der Waals surface area contributed by atoms with Crippen LogP contribution in [0.25, 0.3) is 0 Å². The van der Waals surface area contributed by atoms with Gasteiger partial charge in [0.05, 0.1) is 9.90 Å². The van der Waals surface area contributed by atoms with Gasteiger partial charge >= 0.3 is 0 Å². The van der Waals surface area contributed by atoms with E-state index in [9.17, 15) is 8.42 Å². The first-order valence-electron chi connectivity index (χ1n) is 6.04. The molecule has 0 unspecified atom stereocenters. The van der Waals surface area contributed by atoms with E-state index in [-0.39, 0.29) is 0 Å². The standard InChI is InChI=1S/C13H16N2O2S2/c1-11-10-18-13(15-11)8-5-9-14-19(16,17)12-6-3-2-4-7-12/h2-4,6-7,10,14H,5,8-9H2,1H3. The molecule has 0 radical (unpaired) electrons. The zero-order valence-electron chi connectivity index (χ0n) is 10.7. The smallest absolute Gasteiger partial charge is 0.240 e. The molecule has 1 aromatic carbocycles. The van der Waals surface area contributed by atoms with Crippen molar-refractivity contribution >= 4 is 21.4 Å². The third-order valence-corrected chi connectivity index (χ3v) is 5.08. The molecule has 102 valence electrons. The molecule has 0 saturated carbocycles. The number of thiazole rings is 1. The van der Waals surface area contributed by atoms with Crippen molar-refractivity contribution in [2.75, 3.05) is 6.54 Å². The fraction of sp³-hybridized carbons (Fsp3) is 0.308. The topological polar surface area (TPSA) is 59.1 Å². The lowest BCUT2D eigenvalue weighted by molar-refractivity contribution is 0.579. The normalized spacial score (nSPS) is 11.6. The van der Waals surface area contributed by atoms with Crippen molar-refractivity contribution < 1.29 is 8.42 Å². The Morgan fingerprint density at radius 3 is 2.63 bits per heavy atom. The third kappa shape index (κ3) is 4.12. The highest BCUT2D eigenvalue weighted by molar-refractivity contribution is 7.89. The molecule has 2 aromatic rings. The molecule has 0 amide bonds. The molecule has 0 spiro atoms. The minimum absolute atomic E-state index is 0.306. The molecule has 4 nitrogen and oxygen atoms in total. The summed E-state index contributed by atoms with van der Waals surface area (Å²) in [7, 11) is -3.38. The maximum atomic E-state index is 11.9. The van der Waals surface area contributed by atoms with E-state index in [0.29, 0.717) is 11.4 Å². The Morgan fingerprint density at radius 1 is 1.26 bits per heavy atom. The van der Waals surface area contributed by atoms with Gasteiger partial charge in [-0.3, -0.25) is 0 Å². The van der Waals surface area contributed by atoms with Gasteiger partial charge in [-0.15, -0.1) is 11.3 Å². The summed E-state index contributed by atoms with van der Waals surface area (Å²) < 4.78 is 26.4. The van der Waals surface area contributed by atoms with Crippen LogP contribution >= 0.6 is 11.3 Å². The predicted molar refractivity (Wildman–Crippen MR) is 76.8 cm³/mol. The van der Waals surface area contributed by atoms with Gasteiger partial charge in [0.25, 0.3) is 0 Å². The van der Waals surface area contributed by atoms with Gasteiger partial charge in [0.15, 0.2) is 0 Å². The van der Waals surface area contributed by atoms with Crippen molar-refractivity contribution in [2.45, 2.75) is 24.7 Å². The monoisotopic (exact) mass is 296 g/mol. The first-order valence-corrected chi connectivity index (χ1v) is 8.40. The Hall–Kier alpha value is -1.24. The number of hydrogen-bond acceptors (Lipinski definition) is 4. The first-order chi connectivity index (χ1) is 9.08. The van der Waals surface area contributed by atoms with Crippen molar-refractivity contribution in [3.8, 4) is 0 Å². The lowest BCUT2D eigenvalue weighted by atomic mass is 10.3. The Bertz CT molecular complexity index is 621. The summed E-state index contributed by atoms with van der Waals surface area (Å²) in [5.74, 6) is 0. The molecule has 1 aromatic heterocycles. The highest BCUT2D eigenvalue weighted by atomic mass is 32.2. The molecule has 0 fully saturated rings. The quantitative estimate of drug-likeness (QED) is 0.833. The predicted octanol–water partition coefficient (Wildman–Crippen LogP) is 2.36. The molecule has 0 saturated heterocycles. The number of nitrogens with zero attached hydrogens (tertiary/aromatic N) is 1. The molecular formula is C13H16N2O2S2. The van der Waals surface area contributed by atoms with Crippen LogP contribution in [0.4, 0.5) is 0 Å². The van der Waals surface area contributed by atoms with Gasteiger partial charge in [-0.25, -0.2) is 18.1 Å². The molecule has 0 aliphatic heterocycles. The van der Waals surface area contributed by atoms with Gasteiger partial charge in [0.2, 0.25) is 10.0 Å². The summed E-state index contributed by atoms with van der Waals surface area (Å²) in [5.41, 5.74) is 1.02. The van der Waals surface area contributed by atoms with Crippen LogP contribution in [0.1, 0.15) is 17.1 Å². The van der Waals surface area contributed by atoms with Crippen LogP contribution in [0.5, 0.6) is 0 Å². The summed E-state index contributed by atoms with van der Waals surface area (Å²) >= 11 is 1.62. The van der Waals surface area contributed by atoms with Crippen molar-refractivity contribution in [3.05, 3.63) is 46.4 Å². The molecule has 1 N–H and O–H groups in total. The maximum Gasteiger partial charge on any atom is 0.240 e. The number of benzene rings is 1. The molecule has 0 aliphatic rings. The van der Waals surface area contributed by atoms with Crippen LogP contribution in [-0.4, -0.2) is 19.9 Å². The highest BCUT2D eigenvalue weighted by Crippen LogP contribution is 2.11. The Kier molecular flexibility index (Phi) is 4.68.